The van der Waals surface area contributed by atoms with Crippen molar-refractivity contribution in [2.24, 2.45) is 0 Å². The second-order valence-corrected chi connectivity index (χ2v) is 3.25. The van der Waals surface area contributed by atoms with Crippen molar-refractivity contribution in [3.8, 4) is 0 Å². The van der Waals surface area contributed by atoms with Crippen LogP contribution in [0.4, 0.5) is 0 Å². The van der Waals surface area contributed by atoms with Crippen LogP contribution in [0.1, 0.15) is 20.8 Å². The molecule has 5 heteroatoms. The molecule has 0 fully saturated rings. The first-order valence-electron chi connectivity index (χ1n) is 5.27. The maximum atomic E-state index is 10.7. The molecule has 0 aromatic heterocycles. The number of carboxylic acids is 1. The first kappa shape index (κ1) is 14.3. The molecular weight excluding hydrogens is 198 g/mol. The Hall–Kier alpha value is -0.650. The summed E-state index contributed by atoms with van der Waals surface area (Å²) < 4.78 is 10.5. The summed E-state index contributed by atoms with van der Waals surface area (Å²) in [5, 5.41) is 11.6. The molecule has 0 radical (unpaired) electrons. The fraction of sp³-hybridized carbons (Fsp3) is 0.900. The lowest BCUT2D eigenvalue weighted by molar-refractivity contribution is -0.142. The van der Waals surface area contributed by atoms with Gasteiger partial charge in [0.05, 0.1) is 19.3 Å². The molecular formula is C10H21NO4. The summed E-state index contributed by atoms with van der Waals surface area (Å²) in [5.74, 6) is -0.888. The summed E-state index contributed by atoms with van der Waals surface area (Å²) in [6.45, 7) is 7.54. The highest BCUT2D eigenvalue weighted by Gasteiger charge is 2.17. The van der Waals surface area contributed by atoms with Gasteiger partial charge in [0.15, 0.2) is 0 Å². The van der Waals surface area contributed by atoms with Crippen LogP contribution in [0.25, 0.3) is 0 Å². The van der Waals surface area contributed by atoms with Crippen LogP contribution in [0.15, 0.2) is 0 Å². The number of hydrogen-bond acceptors (Lipinski definition) is 4. The highest BCUT2D eigenvalue weighted by molar-refractivity contribution is 5.73. The van der Waals surface area contributed by atoms with E-state index < -0.39 is 12.0 Å². The standard InChI is InChI=1S/C10H21NO4/c1-4-11-9(10(12)13)7-15-8(3)6-14-5-2/h8-9,11H,4-7H2,1-3H3,(H,12,13). The van der Waals surface area contributed by atoms with E-state index in [1.54, 1.807) is 0 Å². The van der Waals surface area contributed by atoms with Gasteiger partial charge in [0.1, 0.15) is 6.04 Å². The topological polar surface area (TPSA) is 67.8 Å². The molecule has 0 aromatic rings. The zero-order chi connectivity index (χ0) is 11.7. The molecule has 0 heterocycles. The summed E-state index contributed by atoms with van der Waals surface area (Å²) in [4.78, 5) is 10.7. The third-order valence-corrected chi connectivity index (χ3v) is 1.85. The van der Waals surface area contributed by atoms with E-state index in [4.69, 9.17) is 14.6 Å². The second kappa shape index (κ2) is 8.64. The van der Waals surface area contributed by atoms with E-state index in [0.29, 0.717) is 19.8 Å². The van der Waals surface area contributed by atoms with E-state index in [-0.39, 0.29) is 12.7 Å². The maximum Gasteiger partial charge on any atom is 0.323 e. The van der Waals surface area contributed by atoms with Crippen LogP contribution in [0.3, 0.4) is 0 Å². The molecule has 0 spiro atoms. The molecule has 90 valence electrons. The lowest BCUT2D eigenvalue weighted by atomic mass is 10.3. The molecule has 2 atom stereocenters. The van der Waals surface area contributed by atoms with Crippen molar-refractivity contribution >= 4 is 5.97 Å². The molecule has 0 bridgehead atoms. The van der Waals surface area contributed by atoms with Crippen LogP contribution < -0.4 is 5.32 Å². The smallest absolute Gasteiger partial charge is 0.323 e. The molecule has 15 heavy (non-hydrogen) atoms. The second-order valence-electron chi connectivity index (χ2n) is 3.25. The molecule has 0 saturated carbocycles. The van der Waals surface area contributed by atoms with Gasteiger partial charge in [0, 0.05) is 6.61 Å². The van der Waals surface area contributed by atoms with E-state index in [2.05, 4.69) is 5.32 Å². The molecule has 0 rings (SSSR count). The number of carbonyl (C=O) groups is 1. The average Bonchev–Trinajstić information content (AvgIpc) is 2.20. The van der Waals surface area contributed by atoms with Gasteiger partial charge in [-0.15, -0.1) is 0 Å². The molecule has 0 aliphatic rings. The van der Waals surface area contributed by atoms with Gasteiger partial charge in [-0.3, -0.25) is 4.79 Å². The number of ether oxygens (including phenoxy) is 2. The largest absolute Gasteiger partial charge is 0.480 e. The number of hydrogen-bond donors (Lipinski definition) is 2. The lowest BCUT2D eigenvalue weighted by Crippen LogP contribution is -2.41. The number of nitrogens with one attached hydrogen (secondary N) is 1. The van der Waals surface area contributed by atoms with E-state index >= 15 is 0 Å². The van der Waals surface area contributed by atoms with Crippen molar-refractivity contribution in [2.45, 2.75) is 32.9 Å². The van der Waals surface area contributed by atoms with Crippen LogP contribution in [0.2, 0.25) is 0 Å². The Balaban J connectivity index is 3.72. The van der Waals surface area contributed by atoms with Crippen molar-refractivity contribution < 1.29 is 19.4 Å². The van der Waals surface area contributed by atoms with E-state index in [9.17, 15) is 4.79 Å². The zero-order valence-electron chi connectivity index (χ0n) is 9.66. The Morgan fingerprint density at radius 1 is 1.40 bits per heavy atom. The van der Waals surface area contributed by atoms with Gasteiger partial charge < -0.3 is 19.9 Å². The van der Waals surface area contributed by atoms with Gasteiger partial charge in [0.25, 0.3) is 0 Å². The zero-order valence-corrected chi connectivity index (χ0v) is 9.66. The van der Waals surface area contributed by atoms with E-state index in [1.165, 1.54) is 0 Å². The van der Waals surface area contributed by atoms with Gasteiger partial charge in [-0.25, -0.2) is 0 Å². The van der Waals surface area contributed by atoms with Crippen LogP contribution in [-0.4, -0.2) is 49.6 Å². The van der Waals surface area contributed by atoms with Crippen LogP contribution in [0.5, 0.6) is 0 Å². The number of aliphatic carboxylic acids is 1. The van der Waals surface area contributed by atoms with Crippen LogP contribution >= 0.6 is 0 Å². The summed E-state index contributed by atoms with van der Waals surface area (Å²) in [6, 6.07) is -0.640. The molecule has 0 amide bonds. The fourth-order valence-electron chi connectivity index (χ4n) is 1.06. The van der Waals surface area contributed by atoms with Crippen molar-refractivity contribution in [1.29, 1.82) is 0 Å². The highest BCUT2D eigenvalue weighted by Crippen LogP contribution is 1.95. The third kappa shape index (κ3) is 7.30. The van der Waals surface area contributed by atoms with Crippen molar-refractivity contribution in [3.63, 3.8) is 0 Å². The Morgan fingerprint density at radius 2 is 2.07 bits per heavy atom. The normalized spacial score (nSPS) is 14.9. The number of rotatable bonds is 9. The van der Waals surface area contributed by atoms with Gasteiger partial charge >= 0.3 is 5.97 Å². The Kier molecular flexibility index (Phi) is 8.27. The minimum absolute atomic E-state index is 0.0783. The summed E-state index contributed by atoms with van der Waals surface area (Å²) >= 11 is 0. The molecule has 0 aliphatic carbocycles. The Bertz CT molecular complexity index is 175. The monoisotopic (exact) mass is 219 g/mol. The maximum absolute atomic E-state index is 10.7. The molecule has 0 saturated heterocycles. The van der Waals surface area contributed by atoms with Crippen molar-refractivity contribution in [3.05, 3.63) is 0 Å². The van der Waals surface area contributed by atoms with Gasteiger partial charge in [0.2, 0.25) is 0 Å². The molecule has 0 aromatic carbocycles. The minimum atomic E-state index is -0.888. The predicted octanol–water partition coefficient (Wildman–Crippen LogP) is 0.491. The first-order valence-corrected chi connectivity index (χ1v) is 5.27. The van der Waals surface area contributed by atoms with Gasteiger partial charge in [-0.05, 0) is 20.4 Å². The van der Waals surface area contributed by atoms with Crippen LogP contribution in [-0.2, 0) is 14.3 Å². The Labute approximate surface area is 90.8 Å². The van der Waals surface area contributed by atoms with Gasteiger partial charge in [-0.1, -0.05) is 6.92 Å². The lowest BCUT2D eigenvalue weighted by Gasteiger charge is -2.17. The van der Waals surface area contributed by atoms with Crippen molar-refractivity contribution in [2.75, 3.05) is 26.4 Å². The SMILES string of the molecule is CCNC(COC(C)COCC)C(=O)O. The Morgan fingerprint density at radius 3 is 2.53 bits per heavy atom. The summed E-state index contributed by atoms with van der Waals surface area (Å²) in [5.41, 5.74) is 0. The quantitative estimate of drug-likeness (QED) is 0.590. The molecule has 5 nitrogen and oxygen atoms in total. The molecule has 2 unspecified atom stereocenters. The van der Waals surface area contributed by atoms with Crippen LogP contribution in [0, 0.1) is 0 Å². The average molecular weight is 219 g/mol. The van der Waals surface area contributed by atoms with Gasteiger partial charge in [-0.2, -0.15) is 0 Å². The molecule has 0 aliphatic heterocycles. The fourth-order valence-corrected chi connectivity index (χ4v) is 1.06. The van der Waals surface area contributed by atoms with E-state index in [0.717, 1.165) is 0 Å². The third-order valence-electron chi connectivity index (χ3n) is 1.85. The first-order chi connectivity index (χ1) is 7.11. The predicted molar refractivity (Wildman–Crippen MR) is 57.0 cm³/mol. The summed E-state index contributed by atoms with van der Waals surface area (Å²) in [6.07, 6.45) is -0.0783. The molecule has 2 N–H and O–H groups in total. The van der Waals surface area contributed by atoms with Crippen molar-refractivity contribution in [1.82, 2.24) is 5.32 Å². The summed E-state index contributed by atoms with van der Waals surface area (Å²) in [7, 11) is 0. The minimum Gasteiger partial charge on any atom is -0.480 e. The highest BCUT2D eigenvalue weighted by atomic mass is 16.5. The number of carboxylic acid groups (broad SMARTS) is 1. The number of likely N-dealkylation sites (N-methyl/N-ethyl adjacent to an activating group) is 1. The van der Waals surface area contributed by atoms with E-state index in [1.807, 2.05) is 20.8 Å².